The Morgan fingerprint density at radius 1 is 0.889 bits per heavy atom. The summed E-state index contributed by atoms with van der Waals surface area (Å²) in [7, 11) is 0. The van der Waals surface area contributed by atoms with Crippen molar-refractivity contribution in [1.82, 2.24) is 0 Å². The van der Waals surface area contributed by atoms with Gasteiger partial charge in [-0.15, -0.1) is 0 Å². The molecule has 0 atom stereocenters. The smallest absolute Gasteiger partial charge is 0.154 e. The van der Waals surface area contributed by atoms with Crippen molar-refractivity contribution >= 4 is 17.1 Å². The Bertz CT molecular complexity index is 911. The highest BCUT2D eigenvalue weighted by Gasteiger charge is 2.17. The Kier molecular flexibility index (Phi) is 5.80. The molecule has 0 N–H and O–H groups in total. The summed E-state index contributed by atoms with van der Waals surface area (Å²) in [5, 5.41) is 1.93. The van der Waals surface area contributed by atoms with E-state index in [9.17, 15) is 4.79 Å². The SMILES string of the molecule is CCC(C)(C)c1ccc(OCCOc2ccc3ccccc3c2C=O)cc1. The van der Waals surface area contributed by atoms with Crippen LogP contribution in [0.25, 0.3) is 10.8 Å². The van der Waals surface area contributed by atoms with Crippen molar-refractivity contribution in [3.8, 4) is 11.5 Å². The van der Waals surface area contributed by atoms with Crippen molar-refractivity contribution in [3.05, 3.63) is 71.8 Å². The maximum absolute atomic E-state index is 11.5. The summed E-state index contributed by atoms with van der Waals surface area (Å²) in [5.41, 5.74) is 2.06. The zero-order valence-corrected chi connectivity index (χ0v) is 16.2. The van der Waals surface area contributed by atoms with Gasteiger partial charge in [0.25, 0.3) is 0 Å². The first-order chi connectivity index (χ1) is 13.0. The van der Waals surface area contributed by atoms with E-state index in [1.54, 1.807) is 0 Å². The van der Waals surface area contributed by atoms with Crippen LogP contribution in [0.4, 0.5) is 0 Å². The molecule has 140 valence electrons. The van der Waals surface area contributed by atoms with Crippen LogP contribution in [-0.2, 0) is 5.41 Å². The van der Waals surface area contributed by atoms with Gasteiger partial charge in [0.05, 0.1) is 5.56 Å². The normalized spacial score (nSPS) is 11.4. The minimum absolute atomic E-state index is 0.170. The van der Waals surface area contributed by atoms with Gasteiger partial charge in [-0.05, 0) is 46.4 Å². The van der Waals surface area contributed by atoms with Gasteiger partial charge in [-0.25, -0.2) is 0 Å². The third kappa shape index (κ3) is 4.30. The molecular formula is C24H26O3. The number of fused-ring (bicyclic) bond motifs is 1. The molecule has 3 aromatic rings. The van der Waals surface area contributed by atoms with Crippen LogP contribution < -0.4 is 9.47 Å². The summed E-state index contributed by atoms with van der Waals surface area (Å²) in [6.07, 6.45) is 1.94. The van der Waals surface area contributed by atoms with Gasteiger partial charge in [0, 0.05) is 0 Å². The predicted molar refractivity (Wildman–Crippen MR) is 110 cm³/mol. The quantitative estimate of drug-likeness (QED) is 0.375. The van der Waals surface area contributed by atoms with Crippen molar-refractivity contribution in [2.24, 2.45) is 0 Å². The van der Waals surface area contributed by atoms with Crippen LogP contribution in [0.5, 0.6) is 11.5 Å². The Morgan fingerprint density at radius 2 is 1.59 bits per heavy atom. The number of benzene rings is 3. The number of carbonyl (C=O) groups is 1. The van der Waals surface area contributed by atoms with Crippen molar-refractivity contribution in [3.63, 3.8) is 0 Å². The average molecular weight is 362 g/mol. The molecule has 0 heterocycles. The second kappa shape index (κ2) is 8.26. The van der Waals surface area contributed by atoms with E-state index in [1.807, 2.05) is 48.5 Å². The molecule has 3 nitrogen and oxygen atoms in total. The Hall–Kier alpha value is -2.81. The van der Waals surface area contributed by atoms with Crippen LogP contribution in [-0.4, -0.2) is 19.5 Å². The lowest BCUT2D eigenvalue weighted by Gasteiger charge is -2.23. The Morgan fingerprint density at radius 3 is 2.30 bits per heavy atom. The molecule has 0 amide bonds. The average Bonchev–Trinajstić information content (AvgIpc) is 2.71. The van der Waals surface area contributed by atoms with Crippen LogP contribution >= 0.6 is 0 Å². The summed E-state index contributed by atoms with van der Waals surface area (Å²) >= 11 is 0. The molecule has 27 heavy (non-hydrogen) atoms. The highest BCUT2D eigenvalue weighted by Crippen LogP contribution is 2.28. The topological polar surface area (TPSA) is 35.5 Å². The molecule has 0 saturated carbocycles. The lowest BCUT2D eigenvalue weighted by molar-refractivity contribution is 0.112. The van der Waals surface area contributed by atoms with E-state index in [4.69, 9.17) is 9.47 Å². The van der Waals surface area contributed by atoms with Crippen molar-refractivity contribution < 1.29 is 14.3 Å². The van der Waals surface area contributed by atoms with Crippen LogP contribution in [0.2, 0.25) is 0 Å². The number of aldehydes is 1. The number of ether oxygens (including phenoxy) is 2. The molecule has 0 bridgehead atoms. The van der Waals surface area contributed by atoms with Gasteiger partial charge in [0.2, 0.25) is 0 Å². The molecule has 0 saturated heterocycles. The second-order valence-corrected chi connectivity index (χ2v) is 7.28. The van der Waals surface area contributed by atoms with Gasteiger partial charge in [0.1, 0.15) is 24.7 Å². The minimum Gasteiger partial charge on any atom is -0.490 e. The fraction of sp³-hybridized carbons (Fsp3) is 0.292. The first-order valence-electron chi connectivity index (χ1n) is 9.38. The first-order valence-corrected chi connectivity index (χ1v) is 9.38. The van der Waals surface area contributed by atoms with Crippen LogP contribution in [0, 0.1) is 0 Å². The minimum atomic E-state index is 0.170. The van der Waals surface area contributed by atoms with E-state index in [2.05, 4.69) is 32.9 Å². The van der Waals surface area contributed by atoms with E-state index in [1.165, 1.54) is 5.56 Å². The lowest BCUT2D eigenvalue weighted by Crippen LogP contribution is -2.15. The van der Waals surface area contributed by atoms with E-state index in [0.717, 1.165) is 29.2 Å². The fourth-order valence-corrected chi connectivity index (χ4v) is 3.04. The molecular weight excluding hydrogens is 336 g/mol. The molecule has 3 aromatic carbocycles. The van der Waals surface area contributed by atoms with Gasteiger partial charge in [0.15, 0.2) is 6.29 Å². The van der Waals surface area contributed by atoms with Gasteiger partial charge >= 0.3 is 0 Å². The summed E-state index contributed by atoms with van der Waals surface area (Å²) < 4.78 is 11.6. The Labute approximate surface area is 160 Å². The van der Waals surface area contributed by atoms with Gasteiger partial charge in [-0.3, -0.25) is 4.79 Å². The van der Waals surface area contributed by atoms with Crippen LogP contribution in [0.15, 0.2) is 60.7 Å². The van der Waals surface area contributed by atoms with Crippen molar-refractivity contribution in [1.29, 1.82) is 0 Å². The first kappa shape index (κ1) is 19.0. The second-order valence-electron chi connectivity index (χ2n) is 7.28. The van der Waals surface area contributed by atoms with Gasteiger partial charge in [-0.2, -0.15) is 0 Å². The summed E-state index contributed by atoms with van der Waals surface area (Å²) in [4.78, 5) is 11.5. The summed E-state index contributed by atoms with van der Waals surface area (Å²) in [6, 6.07) is 19.8. The van der Waals surface area contributed by atoms with Gasteiger partial charge in [-0.1, -0.05) is 63.2 Å². The summed E-state index contributed by atoms with van der Waals surface area (Å²) in [5.74, 6) is 1.41. The number of rotatable bonds is 8. The molecule has 0 aliphatic rings. The van der Waals surface area contributed by atoms with E-state index >= 15 is 0 Å². The standard InChI is InChI=1S/C24H26O3/c1-4-24(2,3)19-10-12-20(13-11-19)26-15-16-27-23-14-9-18-7-5-6-8-21(18)22(23)17-25/h5-14,17H,4,15-16H2,1-3H3. The maximum Gasteiger partial charge on any atom is 0.154 e. The molecule has 0 aromatic heterocycles. The molecule has 3 rings (SSSR count). The van der Waals surface area contributed by atoms with Crippen molar-refractivity contribution in [2.75, 3.05) is 13.2 Å². The molecule has 0 fully saturated rings. The zero-order chi connectivity index (χ0) is 19.3. The monoisotopic (exact) mass is 362 g/mol. The highest BCUT2D eigenvalue weighted by atomic mass is 16.5. The largest absolute Gasteiger partial charge is 0.490 e. The molecule has 0 radical (unpaired) electrons. The highest BCUT2D eigenvalue weighted by molar-refractivity contribution is 6.00. The lowest BCUT2D eigenvalue weighted by atomic mass is 9.82. The summed E-state index contributed by atoms with van der Waals surface area (Å²) in [6.45, 7) is 7.47. The van der Waals surface area contributed by atoms with E-state index in [-0.39, 0.29) is 5.41 Å². The molecule has 0 aliphatic carbocycles. The number of hydrogen-bond donors (Lipinski definition) is 0. The molecule has 0 unspecified atom stereocenters. The molecule has 3 heteroatoms. The van der Waals surface area contributed by atoms with Gasteiger partial charge < -0.3 is 9.47 Å². The van der Waals surface area contributed by atoms with E-state index in [0.29, 0.717) is 24.5 Å². The van der Waals surface area contributed by atoms with Crippen molar-refractivity contribution in [2.45, 2.75) is 32.6 Å². The van der Waals surface area contributed by atoms with Crippen LogP contribution in [0.1, 0.15) is 43.1 Å². The molecule has 0 aliphatic heterocycles. The molecule has 0 spiro atoms. The number of hydrogen-bond acceptors (Lipinski definition) is 3. The third-order valence-corrected chi connectivity index (χ3v) is 5.18. The van der Waals surface area contributed by atoms with E-state index < -0.39 is 0 Å². The Balaban J connectivity index is 1.59. The third-order valence-electron chi connectivity index (χ3n) is 5.18. The maximum atomic E-state index is 11.5. The number of carbonyl (C=O) groups excluding carboxylic acids is 1. The zero-order valence-electron chi connectivity index (χ0n) is 16.2. The van der Waals surface area contributed by atoms with Crippen LogP contribution in [0.3, 0.4) is 0 Å². The fourth-order valence-electron chi connectivity index (χ4n) is 3.04. The predicted octanol–water partition coefficient (Wildman–Crippen LogP) is 5.80.